The molecule has 1 aliphatic heterocycles. The van der Waals surface area contributed by atoms with Crippen LogP contribution in [0.15, 0.2) is 71.3 Å². The zero-order chi connectivity index (χ0) is 20.5. The maximum atomic E-state index is 13.3. The van der Waals surface area contributed by atoms with E-state index in [1.807, 2.05) is 48.5 Å². The first-order valence-corrected chi connectivity index (χ1v) is 9.88. The normalized spacial score (nSPS) is 21.9. The topological polar surface area (TPSA) is 102 Å². The van der Waals surface area contributed by atoms with Crippen molar-refractivity contribution in [3.8, 4) is 17.3 Å². The van der Waals surface area contributed by atoms with Gasteiger partial charge in [0.05, 0.1) is 28.0 Å². The van der Waals surface area contributed by atoms with Crippen molar-refractivity contribution in [2.75, 3.05) is 0 Å². The fourth-order valence-electron chi connectivity index (χ4n) is 5.07. The Bertz CT molecular complexity index is 1400. The van der Waals surface area contributed by atoms with E-state index in [0.29, 0.717) is 47.5 Å². The van der Waals surface area contributed by atoms with Gasteiger partial charge in [0.25, 0.3) is 0 Å². The molecule has 3 aliphatic rings. The minimum Gasteiger partial charge on any atom is -0.444 e. The molecule has 2 aromatic carbocycles. The first-order valence-electron chi connectivity index (χ1n) is 9.88. The fraction of sp³-hybridized carbons (Fsp3) is 0.167. The number of nitrogens with two attached hydrogens (primary N) is 1. The van der Waals surface area contributed by atoms with E-state index < -0.39 is 5.41 Å². The van der Waals surface area contributed by atoms with E-state index in [4.69, 9.17) is 20.4 Å². The van der Waals surface area contributed by atoms with Crippen LogP contribution in [0.2, 0.25) is 0 Å². The van der Waals surface area contributed by atoms with Crippen LogP contribution in [-0.2, 0) is 14.9 Å². The molecule has 30 heavy (non-hydrogen) atoms. The molecule has 144 valence electrons. The number of benzene rings is 2. The Labute approximate surface area is 172 Å². The first kappa shape index (κ1) is 16.9. The number of hydrogen-bond acceptors (Lipinski definition) is 6. The summed E-state index contributed by atoms with van der Waals surface area (Å²) in [6.07, 6.45) is 1.70. The van der Waals surface area contributed by atoms with Crippen molar-refractivity contribution in [3.63, 3.8) is 0 Å². The van der Waals surface area contributed by atoms with Crippen LogP contribution >= 0.6 is 0 Å². The van der Waals surface area contributed by atoms with Crippen LogP contribution < -0.4 is 5.73 Å². The molecule has 2 heterocycles. The molecule has 1 atom stereocenters. The number of Topliss-reactive ketones (excluding diaryl/α,β-unsaturated/α-hetero) is 1. The summed E-state index contributed by atoms with van der Waals surface area (Å²) < 4.78 is 5.81. The molecule has 0 radical (unpaired) electrons. The van der Waals surface area contributed by atoms with Gasteiger partial charge in [0.2, 0.25) is 5.88 Å². The molecule has 1 unspecified atom stereocenters. The number of carbonyl (C=O) groups is 1. The summed E-state index contributed by atoms with van der Waals surface area (Å²) in [6.45, 7) is 0. The van der Waals surface area contributed by atoms with Crippen LogP contribution in [-0.4, -0.2) is 15.8 Å². The predicted octanol–water partition coefficient (Wildman–Crippen LogP) is 3.63. The molecule has 1 aromatic heterocycles. The van der Waals surface area contributed by atoms with E-state index in [2.05, 4.69) is 6.07 Å². The third kappa shape index (κ3) is 1.89. The Morgan fingerprint density at radius 2 is 1.77 bits per heavy atom. The van der Waals surface area contributed by atoms with Crippen molar-refractivity contribution >= 4 is 16.8 Å². The number of carbonyl (C=O) groups excluding carboxylic acids is 1. The molecule has 0 saturated carbocycles. The second kappa shape index (κ2) is 5.77. The minimum absolute atomic E-state index is 0.0311. The number of fused-ring (bicyclic) bond motifs is 7. The lowest BCUT2D eigenvalue weighted by atomic mass is 9.64. The molecule has 2 N–H and O–H groups in total. The van der Waals surface area contributed by atoms with Crippen molar-refractivity contribution < 1.29 is 9.53 Å². The van der Waals surface area contributed by atoms with Gasteiger partial charge in [-0.1, -0.05) is 36.4 Å². The Hall–Kier alpha value is -3.98. The third-order valence-electron chi connectivity index (χ3n) is 6.22. The zero-order valence-electron chi connectivity index (χ0n) is 16.0. The number of aromatic nitrogens is 2. The maximum absolute atomic E-state index is 13.3. The molecule has 0 bridgehead atoms. The SMILES string of the molecule is N#CC1=C(N)OC2=C(C(=O)CCC2)C12c1ccccc1-c1nc3ccccc3nc12. The molecule has 3 aromatic rings. The monoisotopic (exact) mass is 392 g/mol. The summed E-state index contributed by atoms with van der Waals surface area (Å²) in [6, 6.07) is 17.6. The van der Waals surface area contributed by atoms with Crippen LogP contribution in [0.25, 0.3) is 22.3 Å². The molecule has 6 heteroatoms. The maximum Gasteiger partial charge on any atom is 0.205 e. The molecule has 2 aliphatic carbocycles. The van der Waals surface area contributed by atoms with Crippen molar-refractivity contribution in [2.45, 2.75) is 24.7 Å². The number of ether oxygens (including phenoxy) is 1. The van der Waals surface area contributed by atoms with Crippen molar-refractivity contribution in [3.05, 3.63) is 82.6 Å². The van der Waals surface area contributed by atoms with E-state index in [0.717, 1.165) is 16.6 Å². The van der Waals surface area contributed by atoms with Gasteiger partial charge in [-0.05, 0) is 24.1 Å². The molecular formula is C24H16N4O2. The Morgan fingerprint density at radius 3 is 2.57 bits per heavy atom. The van der Waals surface area contributed by atoms with Crippen LogP contribution in [0, 0.1) is 11.3 Å². The summed E-state index contributed by atoms with van der Waals surface area (Å²) in [5.74, 6) is 0.540. The first-order chi connectivity index (χ1) is 14.7. The predicted molar refractivity (Wildman–Crippen MR) is 110 cm³/mol. The minimum atomic E-state index is -1.19. The van der Waals surface area contributed by atoms with E-state index >= 15 is 0 Å². The van der Waals surface area contributed by atoms with Gasteiger partial charge in [0, 0.05) is 18.4 Å². The summed E-state index contributed by atoms with van der Waals surface area (Å²) in [7, 11) is 0. The van der Waals surface area contributed by atoms with E-state index in [1.165, 1.54) is 0 Å². The van der Waals surface area contributed by atoms with E-state index in [1.54, 1.807) is 0 Å². The van der Waals surface area contributed by atoms with Gasteiger partial charge in [0.15, 0.2) is 5.78 Å². The molecule has 0 amide bonds. The van der Waals surface area contributed by atoms with Gasteiger partial charge in [-0.25, -0.2) is 9.97 Å². The highest BCUT2D eigenvalue weighted by atomic mass is 16.5. The van der Waals surface area contributed by atoms with Gasteiger partial charge < -0.3 is 10.5 Å². The molecule has 0 fully saturated rings. The quantitative estimate of drug-likeness (QED) is 0.627. The summed E-state index contributed by atoms with van der Waals surface area (Å²) in [5.41, 5.74) is 10.1. The highest BCUT2D eigenvalue weighted by Crippen LogP contribution is 2.59. The fourth-order valence-corrected chi connectivity index (χ4v) is 5.07. The van der Waals surface area contributed by atoms with Gasteiger partial charge in [0.1, 0.15) is 22.8 Å². The highest BCUT2D eigenvalue weighted by molar-refractivity contribution is 6.04. The standard InChI is InChI=1S/C24H16N4O2/c25-12-15-23(26)30-19-11-5-10-18(29)20(19)24(15)14-7-2-1-6-13(14)21-22(24)28-17-9-4-3-8-16(17)27-21/h1-4,6-9H,5,10-11,26H2. The average molecular weight is 392 g/mol. The molecular weight excluding hydrogens is 376 g/mol. The summed E-state index contributed by atoms with van der Waals surface area (Å²) in [5, 5.41) is 10.2. The van der Waals surface area contributed by atoms with Crippen molar-refractivity contribution in [1.29, 1.82) is 5.26 Å². The number of hydrogen-bond donors (Lipinski definition) is 1. The van der Waals surface area contributed by atoms with Crippen LogP contribution in [0.4, 0.5) is 0 Å². The molecule has 6 nitrogen and oxygen atoms in total. The van der Waals surface area contributed by atoms with Gasteiger partial charge >= 0.3 is 0 Å². The zero-order valence-corrected chi connectivity index (χ0v) is 16.0. The number of nitriles is 1. The number of allylic oxidation sites excluding steroid dienone is 3. The van der Waals surface area contributed by atoms with Crippen LogP contribution in [0.5, 0.6) is 0 Å². The number of para-hydroxylation sites is 2. The van der Waals surface area contributed by atoms with Crippen LogP contribution in [0.1, 0.15) is 30.5 Å². The van der Waals surface area contributed by atoms with Crippen LogP contribution in [0.3, 0.4) is 0 Å². The highest BCUT2D eigenvalue weighted by Gasteiger charge is 2.58. The second-order valence-electron chi connectivity index (χ2n) is 7.73. The van der Waals surface area contributed by atoms with Gasteiger partial charge in [-0.15, -0.1) is 0 Å². The second-order valence-corrected chi connectivity index (χ2v) is 7.73. The van der Waals surface area contributed by atoms with Crippen molar-refractivity contribution in [2.24, 2.45) is 5.73 Å². The van der Waals surface area contributed by atoms with E-state index in [-0.39, 0.29) is 17.2 Å². The lowest BCUT2D eigenvalue weighted by Gasteiger charge is -2.39. The summed E-state index contributed by atoms with van der Waals surface area (Å²) in [4.78, 5) is 23.1. The smallest absolute Gasteiger partial charge is 0.205 e. The molecule has 6 rings (SSSR count). The van der Waals surface area contributed by atoms with E-state index in [9.17, 15) is 10.1 Å². The molecule has 0 saturated heterocycles. The Balaban J connectivity index is 1.84. The van der Waals surface area contributed by atoms with Crippen molar-refractivity contribution in [1.82, 2.24) is 9.97 Å². The lowest BCUT2D eigenvalue weighted by Crippen LogP contribution is -2.41. The summed E-state index contributed by atoms with van der Waals surface area (Å²) >= 11 is 0. The van der Waals surface area contributed by atoms with Gasteiger partial charge in [-0.3, -0.25) is 4.79 Å². The Kier molecular flexibility index (Phi) is 3.26. The number of ketones is 1. The third-order valence-corrected chi connectivity index (χ3v) is 6.22. The Morgan fingerprint density at radius 1 is 1.03 bits per heavy atom. The number of rotatable bonds is 0. The largest absolute Gasteiger partial charge is 0.444 e. The van der Waals surface area contributed by atoms with Gasteiger partial charge in [-0.2, -0.15) is 5.26 Å². The lowest BCUT2D eigenvalue weighted by molar-refractivity contribution is -0.117. The number of nitrogens with zero attached hydrogens (tertiary/aromatic N) is 3. The molecule has 1 spiro atoms. The average Bonchev–Trinajstić information content (AvgIpc) is 3.03.